The molecule has 0 atom stereocenters. The summed E-state index contributed by atoms with van der Waals surface area (Å²) in [7, 11) is 3.51. The second-order valence-electron chi connectivity index (χ2n) is 8.19. The number of piperidine rings is 1. The van der Waals surface area contributed by atoms with E-state index < -0.39 is 0 Å². The first-order valence-corrected chi connectivity index (χ1v) is 12.9. The van der Waals surface area contributed by atoms with Gasteiger partial charge in [-0.15, -0.1) is 11.8 Å². The average Bonchev–Trinajstić information content (AvgIpc) is 2.90. The Morgan fingerprint density at radius 1 is 1.20 bits per heavy atom. The van der Waals surface area contributed by atoms with Gasteiger partial charge in [-0.1, -0.05) is 19.1 Å². The molecular weight excluding hydrogens is 462 g/mol. The lowest BCUT2D eigenvalue weighted by molar-refractivity contribution is -0.105. The first-order valence-electron chi connectivity index (χ1n) is 11.9. The Labute approximate surface area is 211 Å². The molecule has 9 heteroatoms. The van der Waals surface area contributed by atoms with E-state index >= 15 is 0 Å². The third-order valence-corrected chi connectivity index (χ3v) is 6.91. The van der Waals surface area contributed by atoms with E-state index in [1.807, 2.05) is 49.5 Å². The van der Waals surface area contributed by atoms with Crippen molar-refractivity contribution >= 4 is 34.8 Å². The molecule has 1 aliphatic heterocycles. The molecule has 1 saturated heterocycles. The van der Waals surface area contributed by atoms with Crippen LogP contribution in [0.1, 0.15) is 19.8 Å². The quantitative estimate of drug-likeness (QED) is 0.343. The van der Waals surface area contributed by atoms with Gasteiger partial charge in [-0.2, -0.15) is 0 Å². The number of para-hydroxylation sites is 1. The summed E-state index contributed by atoms with van der Waals surface area (Å²) in [6.07, 6.45) is 4.56. The maximum absolute atomic E-state index is 12.3. The zero-order valence-electron chi connectivity index (χ0n) is 20.7. The zero-order chi connectivity index (χ0) is 25.0. The Hall–Kier alpha value is -2.88. The van der Waals surface area contributed by atoms with E-state index in [1.54, 1.807) is 23.4 Å². The van der Waals surface area contributed by atoms with Crippen molar-refractivity contribution in [3.05, 3.63) is 59.0 Å². The van der Waals surface area contributed by atoms with E-state index in [4.69, 9.17) is 4.74 Å². The lowest BCUT2D eigenvalue weighted by atomic mass is 10.1. The van der Waals surface area contributed by atoms with Crippen LogP contribution in [0.2, 0.25) is 0 Å². The molecule has 4 rings (SSSR count). The fourth-order valence-electron chi connectivity index (χ4n) is 4.10. The summed E-state index contributed by atoms with van der Waals surface area (Å²) < 4.78 is 7.07. The van der Waals surface area contributed by atoms with Crippen molar-refractivity contribution < 1.29 is 9.53 Å². The fraction of sp³-hybridized carbons (Fsp3) is 0.423. The minimum atomic E-state index is -0.0699. The number of aldehydes is 1. The predicted octanol–water partition coefficient (Wildman–Crippen LogP) is 3.46. The lowest BCUT2D eigenvalue weighted by Crippen LogP contribution is -2.44. The van der Waals surface area contributed by atoms with Crippen LogP contribution in [0.5, 0.6) is 5.75 Å². The Balaban J connectivity index is 0.000000241. The standard InChI is InChI=1S/C17H24N4O2.C9H11NOS/c1-3-18-13-6-8-20(9-7-13)12-21-16-10-14(23-2)4-5-15(16)19-11-17(21)22;1-10-8-4-2-3-5-9(8)12-7-6-11/h4-5,10-11,13,18H,3,6-9,12H2,1-2H3;2-6,10H,7H2,1H3. The largest absolute Gasteiger partial charge is 0.497 e. The summed E-state index contributed by atoms with van der Waals surface area (Å²) in [5, 5.41) is 6.57. The monoisotopic (exact) mass is 497 g/mol. The molecule has 0 amide bonds. The van der Waals surface area contributed by atoms with Crippen LogP contribution in [0.15, 0.2) is 58.4 Å². The highest BCUT2D eigenvalue weighted by atomic mass is 32.2. The van der Waals surface area contributed by atoms with Gasteiger partial charge in [0.25, 0.3) is 5.56 Å². The van der Waals surface area contributed by atoms with E-state index in [-0.39, 0.29) is 5.56 Å². The molecule has 0 spiro atoms. The highest BCUT2D eigenvalue weighted by Gasteiger charge is 2.19. The second kappa shape index (κ2) is 13.9. The molecule has 0 aliphatic carbocycles. The number of ether oxygens (including phenoxy) is 1. The van der Waals surface area contributed by atoms with Crippen LogP contribution < -0.4 is 20.9 Å². The fourth-order valence-corrected chi connectivity index (χ4v) is 4.85. The molecule has 1 aromatic heterocycles. The summed E-state index contributed by atoms with van der Waals surface area (Å²) in [6.45, 7) is 5.75. The Morgan fingerprint density at radius 2 is 1.97 bits per heavy atom. The maximum atomic E-state index is 12.3. The number of anilines is 1. The van der Waals surface area contributed by atoms with Gasteiger partial charge in [0.2, 0.25) is 0 Å². The molecule has 2 heterocycles. The van der Waals surface area contributed by atoms with Gasteiger partial charge in [0.1, 0.15) is 12.0 Å². The highest BCUT2D eigenvalue weighted by Crippen LogP contribution is 2.25. The van der Waals surface area contributed by atoms with Crippen LogP contribution >= 0.6 is 11.8 Å². The molecule has 35 heavy (non-hydrogen) atoms. The van der Waals surface area contributed by atoms with Crippen LogP contribution in [0.25, 0.3) is 11.0 Å². The SMILES string of the molecule is CCNC1CCN(Cn2c(=O)cnc3ccc(OC)cc32)CC1.CNc1ccccc1SCC=O. The molecule has 3 aromatic rings. The smallest absolute Gasteiger partial charge is 0.270 e. The van der Waals surface area contributed by atoms with Crippen LogP contribution in [0.3, 0.4) is 0 Å². The van der Waals surface area contributed by atoms with Gasteiger partial charge < -0.3 is 20.2 Å². The van der Waals surface area contributed by atoms with E-state index in [0.717, 1.165) is 66.1 Å². The predicted molar refractivity (Wildman–Crippen MR) is 144 cm³/mol. The van der Waals surface area contributed by atoms with Crippen LogP contribution in [-0.4, -0.2) is 66.3 Å². The molecule has 0 radical (unpaired) electrons. The van der Waals surface area contributed by atoms with Crippen LogP contribution in [-0.2, 0) is 11.5 Å². The highest BCUT2D eigenvalue weighted by molar-refractivity contribution is 8.00. The Morgan fingerprint density at radius 3 is 2.66 bits per heavy atom. The number of aromatic nitrogens is 2. The van der Waals surface area contributed by atoms with Crippen molar-refractivity contribution in [1.82, 2.24) is 19.8 Å². The third-order valence-electron chi connectivity index (χ3n) is 5.94. The number of carbonyl (C=O) groups is 1. The first kappa shape index (κ1) is 26.7. The lowest BCUT2D eigenvalue weighted by Gasteiger charge is -2.32. The van der Waals surface area contributed by atoms with E-state index in [0.29, 0.717) is 18.5 Å². The topological polar surface area (TPSA) is 88.5 Å². The average molecular weight is 498 g/mol. The number of thioether (sulfide) groups is 1. The normalized spacial score (nSPS) is 14.3. The van der Waals surface area contributed by atoms with Crippen molar-refractivity contribution in [3.63, 3.8) is 0 Å². The Bertz CT molecular complexity index is 1150. The summed E-state index contributed by atoms with van der Waals surface area (Å²) in [5.74, 6) is 1.25. The number of carbonyl (C=O) groups excluding carboxylic acids is 1. The molecule has 2 N–H and O–H groups in total. The minimum Gasteiger partial charge on any atom is -0.497 e. The van der Waals surface area contributed by atoms with Gasteiger partial charge in [-0.05, 0) is 43.7 Å². The number of hydrogen-bond acceptors (Lipinski definition) is 8. The molecule has 8 nitrogen and oxygen atoms in total. The van der Waals surface area contributed by atoms with Crippen LogP contribution in [0.4, 0.5) is 5.69 Å². The molecule has 1 aliphatic rings. The number of benzene rings is 2. The molecule has 0 saturated carbocycles. The van der Waals surface area contributed by atoms with Crippen molar-refractivity contribution in [3.8, 4) is 5.75 Å². The van der Waals surface area contributed by atoms with Gasteiger partial charge >= 0.3 is 0 Å². The van der Waals surface area contributed by atoms with E-state index in [2.05, 4.69) is 27.4 Å². The Kier molecular flexibility index (Phi) is 10.6. The number of hydrogen-bond donors (Lipinski definition) is 2. The molecule has 2 aromatic carbocycles. The third kappa shape index (κ3) is 7.55. The molecule has 1 fully saturated rings. The number of fused-ring (bicyclic) bond motifs is 1. The van der Waals surface area contributed by atoms with E-state index in [1.165, 1.54) is 6.20 Å². The minimum absolute atomic E-state index is 0.0699. The number of rotatable bonds is 9. The van der Waals surface area contributed by atoms with Crippen molar-refractivity contribution in [1.29, 1.82) is 0 Å². The number of nitrogens with one attached hydrogen (secondary N) is 2. The van der Waals surface area contributed by atoms with Crippen molar-refractivity contribution in [2.45, 2.75) is 37.4 Å². The summed E-state index contributed by atoms with van der Waals surface area (Å²) in [6, 6.07) is 14.2. The number of likely N-dealkylation sites (tertiary alicyclic amines) is 1. The van der Waals surface area contributed by atoms with Crippen LogP contribution in [0, 0.1) is 0 Å². The molecular formula is C26H35N5O3S. The summed E-state index contributed by atoms with van der Waals surface area (Å²) in [4.78, 5) is 30.1. The van der Waals surface area contributed by atoms with Gasteiger partial charge in [0, 0.05) is 42.8 Å². The summed E-state index contributed by atoms with van der Waals surface area (Å²) in [5.41, 5.74) is 2.64. The van der Waals surface area contributed by atoms with Gasteiger partial charge in [0.05, 0.1) is 36.8 Å². The zero-order valence-corrected chi connectivity index (χ0v) is 21.5. The molecule has 0 bridgehead atoms. The second-order valence-corrected chi connectivity index (χ2v) is 9.26. The van der Waals surface area contributed by atoms with E-state index in [9.17, 15) is 9.59 Å². The molecule has 0 unspecified atom stereocenters. The van der Waals surface area contributed by atoms with Gasteiger partial charge in [-0.3, -0.25) is 14.3 Å². The maximum Gasteiger partial charge on any atom is 0.270 e. The number of nitrogens with zero attached hydrogens (tertiary/aromatic N) is 3. The first-order chi connectivity index (χ1) is 17.1. The summed E-state index contributed by atoms with van der Waals surface area (Å²) >= 11 is 1.54. The van der Waals surface area contributed by atoms with Crippen molar-refractivity contribution in [2.75, 3.05) is 44.9 Å². The van der Waals surface area contributed by atoms with Gasteiger partial charge in [0.15, 0.2) is 0 Å². The van der Waals surface area contributed by atoms with Crippen molar-refractivity contribution in [2.24, 2.45) is 0 Å². The number of methoxy groups -OCH3 is 1. The van der Waals surface area contributed by atoms with Gasteiger partial charge in [-0.25, -0.2) is 4.98 Å². The molecule has 188 valence electrons.